The molecule has 2 N–H and O–H groups in total. The molecule has 3 unspecified atom stereocenters. The summed E-state index contributed by atoms with van der Waals surface area (Å²) in [6.45, 7) is 1.66. The molecule has 0 spiro atoms. The zero-order chi connectivity index (χ0) is 14.1. The van der Waals surface area contributed by atoms with Crippen molar-refractivity contribution in [1.82, 2.24) is 4.90 Å². The van der Waals surface area contributed by atoms with E-state index in [0.717, 1.165) is 30.8 Å². The second-order valence-corrected chi connectivity index (χ2v) is 6.13. The van der Waals surface area contributed by atoms with Gasteiger partial charge in [-0.1, -0.05) is 6.42 Å². The number of fused-ring (bicyclic) bond motifs is 1. The summed E-state index contributed by atoms with van der Waals surface area (Å²) < 4.78 is 19.1. The van der Waals surface area contributed by atoms with Crippen LogP contribution in [0.15, 0.2) is 18.2 Å². The lowest BCUT2D eigenvalue weighted by Crippen LogP contribution is -2.42. The van der Waals surface area contributed by atoms with Gasteiger partial charge in [-0.05, 0) is 50.6 Å². The summed E-state index contributed by atoms with van der Waals surface area (Å²) >= 11 is 0. The summed E-state index contributed by atoms with van der Waals surface area (Å²) in [5.74, 6) is 1.27. The Morgan fingerprint density at radius 1 is 1.40 bits per heavy atom. The van der Waals surface area contributed by atoms with E-state index in [9.17, 15) is 4.39 Å². The maximum absolute atomic E-state index is 13.2. The molecule has 1 aliphatic heterocycles. The molecule has 0 bridgehead atoms. The van der Waals surface area contributed by atoms with E-state index in [1.165, 1.54) is 25.3 Å². The van der Waals surface area contributed by atoms with Crippen LogP contribution >= 0.6 is 0 Å². The highest BCUT2D eigenvalue weighted by Gasteiger charge is 2.32. The van der Waals surface area contributed by atoms with E-state index in [4.69, 9.17) is 10.5 Å². The number of benzene rings is 1. The van der Waals surface area contributed by atoms with Crippen molar-refractivity contribution in [2.45, 2.75) is 37.8 Å². The van der Waals surface area contributed by atoms with Crippen molar-refractivity contribution in [1.29, 1.82) is 0 Å². The Bertz CT molecular complexity index is 480. The van der Waals surface area contributed by atoms with Gasteiger partial charge in [0.2, 0.25) is 0 Å². The predicted octanol–water partition coefficient (Wildman–Crippen LogP) is 2.19. The van der Waals surface area contributed by atoms with Gasteiger partial charge in [-0.25, -0.2) is 4.39 Å². The number of nitrogens with two attached hydrogens (primary N) is 1. The highest BCUT2D eigenvalue weighted by atomic mass is 19.1. The van der Waals surface area contributed by atoms with Crippen molar-refractivity contribution < 1.29 is 9.13 Å². The number of hydrogen-bond donors (Lipinski definition) is 1. The van der Waals surface area contributed by atoms with Gasteiger partial charge in [0, 0.05) is 24.6 Å². The van der Waals surface area contributed by atoms with Crippen LogP contribution in [-0.2, 0) is 6.42 Å². The summed E-state index contributed by atoms with van der Waals surface area (Å²) in [4.78, 5) is 2.39. The first-order valence-corrected chi connectivity index (χ1v) is 7.52. The molecule has 3 rings (SSSR count). The van der Waals surface area contributed by atoms with Crippen molar-refractivity contribution >= 4 is 0 Å². The van der Waals surface area contributed by atoms with Gasteiger partial charge in [-0.15, -0.1) is 0 Å². The lowest BCUT2D eigenvalue weighted by Gasteiger charge is -2.30. The van der Waals surface area contributed by atoms with Crippen molar-refractivity contribution in [3.8, 4) is 5.75 Å². The first-order valence-electron chi connectivity index (χ1n) is 7.52. The monoisotopic (exact) mass is 278 g/mol. The van der Waals surface area contributed by atoms with Gasteiger partial charge in [0.25, 0.3) is 0 Å². The molecule has 2 aliphatic rings. The average molecular weight is 278 g/mol. The number of rotatable bonds is 4. The largest absolute Gasteiger partial charge is 0.488 e. The van der Waals surface area contributed by atoms with Crippen LogP contribution in [-0.4, -0.2) is 37.2 Å². The third kappa shape index (κ3) is 2.67. The topological polar surface area (TPSA) is 38.5 Å². The van der Waals surface area contributed by atoms with E-state index in [-0.39, 0.29) is 11.9 Å². The van der Waals surface area contributed by atoms with E-state index in [2.05, 4.69) is 11.9 Å². The molecule has 0 amide bonds. The second-order valence-electron chi connectivity index (χ2n) is 6.13. The molecular weight excluding hydrogens is 255 g/mol. The zero-order valence-electron chi connectivity index (χ0n) is 12.0. The highest BCUT2D eigenvalue weighted by Crippen LogP contribution is 2.32. The van der Waals surface area contributed by atoms with Gasteiger partial charge in [0.05, 0.1) is 0 Å². The lowest BCUT2D eigenvalue weighted by molar-refractivity contribution is 0.122. The molecule has 1 aromatic rings. The molecule has 4 heteroatoms. The Hall–Kier alpha value is -1.13. The minimum Gasteiger partial charge on any atom is -0.488 e. The lowest BCUT2D eigenvalue weighted by atomic mass is 10.0. The van der Waals surface area contributed by atoms with Crippen molar-refractivity contribution in [2.75, 3.05) is 20.1 Å². The molecule has 0 aromatic heterocycles. The standard InChI is InChI=1S/C16H23FN2O/c1-19(15-4-2-3-11(15)9-18)10-14-8-12-7-13(17)5-6-16(12)20-14/h5-7,11,14-15H,2-4,8-10,18H2,1H3. The Balaban J connectivity index is 1.60. The summed E-state index contributed by atoms with van der Waals surface area (Å²) in [5.41, 5.74) is 6.85. The maximum atomic E-state index is 13.2. The highest BCUT2D eigenvalue weighted by molar-refractivity contribution is 5.37. The van der Waals surface area contributed by atoms with E-state index < -0.39 is 0 Å². The third-order valence-electron chi connectivity index (χ3n) is 4.74. The molecule has 3 nitrogen and oxygen atoms in total. The smallest absolute Gasteiger partial charge is 0.123 e. The van der Waals surface area contributed by atoms with Gasteiger partial charge in [-0.2, -0.15) is 0 Å². The summed E-state index contributed by atoms with van der Waals surface area (Å²) in [5, 5.41) is 0. The quantitative estimate of drug-likeness (QED) is 0.917. The molecule has 1 heterocycles. The first-order chi connectivity index (χ1) is 9.67. The summed E-state index contributed by atoms with van der Waals surface area (Å²) in [7, 11) is 2.16. The van der Waals surface area contributed by atoms with Gasteiger partial charge in [-0.3, -0.25) is 4.90 Å². The summed E-state index contributed by atoms with van der Waals surface area (Å²) in [6, 6.07) is 5.37. The number of halogens is 1. The number of hydrogen-bond acceptors (Lipinski definition) is 3. The SMILES string of the molecule is CN(CC1Cc2cc(F)ccc2O1)C1CCCC1CN. The van der Waals surface area contributed by atoms with Crippen LogP contribution in [0, 0.1) is 11.7 Å². The molecular formula is C16H23FN2O. The molecule has 1 fully saturated rings. The third-order valence-corrected chi connectivity index (χ3v) is 4.74. The number of likely N-dealkylation sites (N-methyl/N-ethyl adjacent to an activating group) is 1. The molecule has 1 aliphatic carbocycles. The van der Waals surface area contributed by atoms with E-state index in [1.807, 2.05) is 0 Å². The minimum atomic E-state index is -0.180. The van der Waals surface area contributed by atoms with Gasteiger partial charge in [0.15, 0.2) is 0 Å². The van der Waals surface area contributed by atoms with Gasteiger partial charge in [0.1, 0.15) is 17.7 Å². The van der Waals surface area contributed by atoms with Crippen LogP contribution in [0.1, 0.15) is 24.8 Å². The van der Waals surface area contributed by atoms with Crippen LogP contribution in [0.2, 0.25) is 0 Å². The molecule has 1 aromatic carbocycles. The molecule has 3 atom stereocenters. The van der Waals surface area contributed by atoms with Crippen LogP contribution < -0.4 is 10.5 Å². The molecule has 110 valence electrons. The van der Waals surface area contributed by atoms with Crippen molar-refractivity contribution in [3.05, 3.63) is 29.6 Å². The molecule has 20 heavy (non-hydrogen) atoms. The first kappa shape index (κ1) is 13.8. The Kier molecular flexibility index (Phi) is 3.94. The normalized spacial score (nSPS) is 28.7. The Morgan fingerprint density at radius 3 is 3.05 bits per heavy atom. The molecule has 1 saturated carbocycles. The van der Waals surface area contributed by atoms with Crippen LogP contribution in [0.25, 0.3) is 0 Å². The van der Waals surface area contributed by atoms with Crippen LogP contribution in [0.5, 0.6) is 5.75 Å². The van der Waals surface area contributed by atoms with Crippen molar-refractivity contribution in [3.63, 3.8) is 0 Å². The number of ether oxygens (including phenoxy) is 1. The fourth-order valence-electron chi connectivity index (χ4n) is 3.72. The van der Waals surface area contributed by atoms with E-state index >= 15 is 0 Å². The van der Waals surface area contributed by atoms with Crippen molar-refractivity contribution in [2.24, 2.45) is 11.7 Å². The van der Waals surface area contributed by atoms with Gasteiger partial charge < -0.3 is 10.5 Å². The molecule has 0 radical (unpaired) electrons. The average Bonchev–Trinajstić information content (AvgIpc) is 3.03. The zero-order valence-corrected chi connectivity index (χ0v) is 12.0. The van der Waals surface area contributed by atoms with E-state index in [0.29, 0.717) is 12.0 Å². The van der Waals surface area contributed by atoms with Crippen LogP contribution in [0.3, 0.4) is 0 Å². The second kappa shape index (κ2) is 5.70. The Morgan fingerprint density at radius 2 is 2.25 bits per heavy atom. The predicted molar refractivity (Wildman–Crippen MR) is 77.3 cm³/mol. The minimum absolute atomic E-state index is 0.135. The van der Waals surface area contributed by atoms with Crippen LogP contribution in [0.4, 0.5) is 4.39 Å². The van der Waals surface area contributed by atoms with E-state index in [1.54, 1.807) is 12.1 Å². The Labute approximate surface area is 119 Å². The maximum Gasteiger partial charge on any atom is 0.123 e. The fourth-order valence-corrected chi connectivity index (χ4v) is 3.72. The molecule has 0 saturated heterocycles. The fraction of sp³-hybridized carbons (Fsp3) is 0.625. The number of nitrogens with zero attached hydrogens (tertiary/aromatic N) is 1. The van der Waals surface area contributed by atoms with Gasteiger partial charge >= 0.3 is 0 Å². The summed E-state index contributed by atoms with van der Waals surface area (Å²) in [6.07, 6.45) is 4.68.